The van der Waals surface area contributed by atoms with Crippen LogP contribution in [0.3, 0.4) is 0 Å². The number of nitrogens with zero attached hydrogens (tertiary/aromatic N) is 3. The average molecular weight is 257 g/mol. The van der Waals surface area contributed by atoms with Crippen LogP contribution >= 0.6 is 0 Å². The maximum atomic E-state index is 12.2. The van der Waals surface area contributed by atoms with Gasteiger partial charge in [0.2, 0.25) is 5.88 Å². The molecule has 0 saturated carbocycles. The predicted octanol–water partition coefficient (Wildman–Crippen LogP) is 2.15. The Morgan fingerprint density at radius 1 is 1.32 bits per heavy atom. The minimum atomic E-state index is -0.136. The number of anilines is 1. The van der Waals surface area contributed by atoms with Gasteiger partial charge in [0, 0.05) is 25.5 Å². The van der Waals surface area contributed by atoms with Gasteiger partial charge in [-0.2, -0.15) is 0 Å². The van der Waals surface area contributed by atoms with Gasteiger partial charge in [-0.15, -0.1) is 0 Å². The van der Waals surface area contributed by atoms with Gasteiger partial charge in [-0.1, -0.05) is 0 Å². The van der Waals surface area contributed by atoms with Crippen molar-refractivity contribution in [2.24, 2.45) is 0 Å². The van der Waals surface area contributed by atoms with Crippen LogP contribution in [0.25, 0.3) is 0 Å². The second-order valence-electron chi connectivity index (χ2n) is 3.89. The summed E-state index contributed by atoms with van der Waals surface area (Å²) in [6, 6.07) is 7.00. The third-order valence-corrected chi connectivity index (χ3v) is 2.61. The van der Waals surface area contributed by atoms with Crippen LogP contribution in [0.15, 0.2) is 42.9 Å². The smallest absolute Gasteiger partial charge is 0.259 e. The molecule has 1 amide bonds. The van der Waals surface area contributed by atoms with Crippen molar-refractivity contribution >= 4 is 11.6 Å². The molecule has 2 rings (SSSR count). The zero-order valence-electron chi connectivity index (χ0n) is 10.9. The molecule has 98 valence electrons. The lowest BCUT2D eigenvalue weighted by Crippen LogP contribution is -2.26. The fourth-order valence-corrected chi connectivity index (χ4v) is 1.60. The molecule has 2 aromatic rings. The van der Waals surface area contributed by atoms with Gasteiger partial charge in [0.15, 0.2) is 0 Å². The normalized spacial score (nSPS) is 10.0. The zero-order valence-corrected chi connectivity index (χ0v) is 10.9. The molecule has 0 atom stereocenters. The van der Waals surface area contributed by atoms with Crippen LogP contribution in [0.2, 0.25) is 0 Å². The second kappa shape index (κ2) is 5.95. The van der Waals surface area contributed by atoms with Gasteiger partial charge >= 0.3 is 0 Å². The maximum Gasteiger partial charge on any atom is 0.259 e. The number of amides is 1. The van der Waals surface area contributed by atoms with Gasteiger partial charge in [-0.25, -0.2) is 4.98 Å². The largest absolute Gasteiger partial charge is 0.478 e. The van der Waals surface area contributed by atoms with E-state index in [1.165, 1.54) is 11.1 Å². The average Bonchev–Trinajstić information content (AvgIpc) is 2.48. The van der Waals surface area contributed by atoms with Crippen molar-refractivity contribution in [3.05, 3.63) is 48.4 Å². The molecule has 2 heterocycles. The summed E-state index contributed by atoms with van der Waals surface area (Å²) < 4.78 is 5.24. The van der Waals surface area contributed by atoms with Crippen molar-refractivity contribution in [3.63, 3.8) is 0 Å². The molecular weight excluding hydrogens is 242 g/mol. The number of rotatable bonds is 4. The van der Waals surface area contributed by atoms with Crippen molar-refractivity contribution in [2.75, 3.05) is 18.6 Å². The molecule has 0 aliphatic carbocycles. The molecule has 5 nitrogen and oxygen atoms in total. The Bertz CT molecular complexity index is 540. The highest BCUT2D eigenvalue weighted by Crippen LogP contribution is 2.14. The molecule has 5 heteroatoms. The summed E-state index contributed by atoms with van der Waals surface area (Å²) in [6.07, 6.45) is 4.82. The fraction of sp³-hybridized carbons (Fsp3) is 0.214. The summed E-state index contributed by atoms with van der Waals surface area (Å²) in [6.45, 7) is 2.44. The van der Waals surface area contributed by atoms with Gasteiger partial charge in [-0.3, -0.25) is 9.78 Å². The molecule has 0 aliphatic heterocycles. The lowest BCUT2D eigenvalue weighted by Gasteiger charge is -2.16. The molecule has 0 aromatic carbocycles. The summed E-state index contributed by atoms with van der Waals surface area (Å²) in [5.74, 6) is 0.381. The highest BCUT2D eigenvalue weighted by atomic mass is 16.5. The number of carbonyl (C=O) groups excluding carboxylic acids is 1. The predicted molar refractivity (Wildman–Crippen MR) is 72.4 cm³/mol. The molecule has 0 bridgehead atoms. The Labute approximate surface area is 111 Å². The Kier molecular flexibility index (Phi) is 4.07. The maximum absolute atomic E-state index is 12.2. The summed E-state index contributed by atoms with van der Waals surface area (Å²) in [5.41, 5.74) is 1.25. The van der Waals surface area contributed by atoms with Crippen LogP contribution in [-0.4, -0.2) is 29.5 Å². The molecule has 0 N–H and O–H groups in total. The van der Waals surface area contributed by atoms with Gasteiger partial charge in [0.1, 0.15) is 0 Å². The van der Waals surface area contributed by atoms with E-state index in [2.05, 4.69) is 9.97 Å². The van der Waals surface area contributed by atoms with Crippen LogP contribution in [0.4, 0.5) is 5.69 Å². The third kappa shape index (κ3) is 3.07. The van der Waals surface area contributed by atoms with Crippen molar-refractivity contribution in [2.45, 2.75) is 6.92 Å². The van der Waals surface area contributed by atoms with Gasteiger partial charge in [0.25, 0.3) is 5.91 Å². The summed E-state index contributed by atoms with van der Waals surface area (Å²) in [4.78, 5) is 21.8. The number of pyridine rings is 2. The van der Waals surface area contributed by atoms with Crippen molar-refractivity contribution in [3.8, 4) is 5.88 Å². The van der Waals surface area contributed by atoms with Crippen LogP contribution in [0.1, 0.15) is 17.3 Å². The molecule has 0 spiro atoms. The first-order valence-electron chi connectivity index (χ1n) is 5.99. The van der Waals surface area contributed by atoms with Crippen LogP contribution in [0.5, 0.6) is 5.88 Å². The Morgan fingerprint density at radius 2 is 2.16 bits per heavy atom. The molecule has 0 fully saturated rings. The van der Waals surface area contributed by atoms with E-state index in [0.29, 0.717) is 18.1 Å². The fourth-order valence-electron chi connectivity index (χ4n) is 1.60. The summed E-state index contributed by atoms with van der Waals surface area (Å²) in [5, 5.41) is 0. The van der Waals surface area contributed by atoms with E-state index in [-0.39, 0.29) is 5.91 Å². The molecule has 19 heavy (non-hydrogen) atoms. The molecule has 2 aromatic heterocycles. The lowest BCUT2D eigenvalue weighted by molar-refractivity contribution is 0.0992. The number of ether oxygens (including phenoxy) is 1. The Morgan fingerprint density at radius 3 is 2.74 bits per heavy atom. The molecule has 0 unspecified atom stereocenters. The number of carbonyl (C=O) groups is 1. The highest BCUT2D eigenvalue weighted by Gasteiger charge is 2.13. The number of hydrogen-bond acceptors (Lipinski definition) is 4. The van der Waals surface area contributed by atoms with E-state index >= 15 is 0 Å². The summed E-state index contributed by atoms with van der Waals surface area (Å²) >= 11 is 0. The second-order valence-corrected chi connectivity index (χ2v) is 3.89. The van der Waals surface area contributed by atoms with Crippen molar-refractivity contribution < 1.29 is 9.53 Å². The van der Waals surface area contributed by atoms with Gasteiger partial charge in [-0.05, 0) is 25.1 Å². The van der Waals surface area contributed by atoms with Crippen molar-refractivity contribution in [1.82, 2.24) is 9.97 Å². The molecule has 0 aliphatic rings. The number of aromatic nitrogens is 2. The minimum Gasteiger partial charge on any atom is -0.478 e. The van der Waals surface area contributed by atoms with E-state index in [9.17, 15) is 4.79 Å². The van der Waals surface area contributed by atoms with Crippen molar-refractivity contribution in [1.29, 1.82) is 0 Å². The van der Waals surface area contributed by atoms with E-state index in [1.807, 2.05) is 13.0 Å². The first kappa shape index (κ1) is 13.0. The standard InChI is InChI=1S/C14H15N3O2/c1-3-19-13-7-6-11(9-16-13)14(18)17(2)12-5-4-8-15-10-12/h4-10H,3H2,1-2H3. The third-order valence-electron chi connectivity index (χ3n) is 2.61. The first-order chi connectivity index (χ1) is 9.22. The summed E-state index contributed by atoms with van der Waals surface area (Å²) in [7, 11) is 1.70. The molecule has 0 saturated heterocycles. The van der Waals surface area contributed by atoms with E-state index in [1.54, 1.807) is 37.6 Å². The number of hydrogen-bond donors (Lipinski definition) is 0. The molecule has 0 radical (unpaired) electrons. The Balaban J connectivity index is 2.15. The van der Waals surface area contributed by atoms with Crippen LogP contribution in [-0.2, 0) is 0 Å². The molecular formula is C14H15N3O2. The topological polar surface area (TPSA) is 55.3 Å². The Hall–Kier alpha value is -2.43. The van der Waals surface area contributed by atoms with Crippen LogP contribution in [0, 0.1) is 0 Å². The SMILES string of the molecule is CCOc1ccc(C(=O)N(C)c2cccnc2)cn1. The lowest BCUT2D eigenvalue weighted by atomic mass is 10.2. The van der Waals surface area contributed by atoms with Gasteiger partial charge < -0.3 is 9.64 Å². The van der Waals surface area contributed by atoms with E-state index < -0.39 is 0 Å². The zero-order chi connectivity index (χ0) is 13.7. The monoisotopic (exact) mass is 257 g/mol. The van der Waals surface area contributed by atoms with Gasteiger partial charge in [0.05, 0.1) is 24.1 Å². The highest BCUT2D eigenvalue weighted by molar-refractivity contribution is 6.05. The minimum absolute atomic E-state index is 0.136. The van der Waals surface area contributed by atoms with Crippen LogP contribution < -0.4 is 9.64 Å². The van der Waals surface area contributed by atoms with E-state index in [0.717, 1.165) is 5.69 Å². The first-order valence-corrected chi connectivity index (χ1v) is 5.99. The quantitative estimate of drug-likeness (QED) is 0.842. The van der Waals surface area contributed by atoms with E-state index in [4.69, 9.17) is 4.74 Å².